The molecule has 2 nitrogen and oxygen atoms in total. The van der Waals surface area contributed by atoms with Gasteiger partial charge in [-0.15, -0.1) is 0 Å². The fraction of sp³-hybridized carbons (Fsp3) is 0.889. The molecule has 64 valence electrons. The summed E-state index contributed by atoms with van der Waals surface area (Å²) in [5.74, 6) is 0.197. The maximum absolute atomic E-state index is 11.2. The average Bonchev–Trinajstić information content (AvgIpc) is 1.98. The van der Waals surface area contributed by atoms with Crippen molar-refractivity contribution in [2.75, 3.05) is 6.61 Å². The van der Waals surface area contributed by atoms with Crippen molar-refractivity contribution in [1.29, 1.82) is 0 Å². The van der Waals surface area contributed by atoms with Crippen molar-refractivity contribution in [3.63, 3.8) is 0 Å². The minimum absolute atomic E-state index is 0.0206. The van der Waals surface area contributed by atoms with E-state index >= 15 is 0 Å². The lowest BCUT2D eigenvalue weighted by Gasteiger charge is -2.16. The number of esters is 1. The van der Waals surface area contributed by atoms with E-state index in [4.69, 9.17) is 4.74 Å². The molecular weight excluding hydrogens is 140 g/mol. The molecule has 0 bridgehead atoms. The lowest BCUT2D eigenvalue weighted by molar-refractivity contribution is -0.149. The Morgan fingerprint density at radius 1 is 1.45 bits per heavy atom. The highest BCUT2D eigenvalue weighted by Gasteiger charge is 2.18. The number of rotatable bonds is 1. The van der Waals surface area contributed by atoms with E-state index in [0.29, 0.717) is 6.61 Å². The molecule has 1 unspecified atom stereocenters. The normalized spacial score (nSPS) is 27.0. The largest absolute Gasteiger partial charge is 0.465 e. The Labute approximate surface area is 67.9 Å². The molecule has 1 atom stereocenters. The van der Waals surface area contributed by atoms with Gasteiger partial charge in [-0.2, -0.15) is 0 Å². The zero-order valence-corrected chi connectivity index (χ0v) is 7.14. The number of hydrogen-bond acceptors (Lipinski definition) is 2. The SMILES string of the molecule is CCC1CCCCCOC1=O. The first kappa shape index (κ1) is 8.57. The molecule has 2 heteroatoms. The van der Waals surface area contributed by atoms with Crippen molar-refractivity contribution < 1.29 is 9.53 Å². The molecule has 0 aromatic rings. The van der Waals surface area contributed by atoms with Crippen LogP contribution in [0.3, 0.4) is 0 Å². The number of cyclic esters (lactones) is 1. The molecule has 0 aliphatic carbocycles. The summed E-state index contributed by atoms with van der Waals surface area (Å²) in [6.07, 6.45) is 5.40. The van der Waals surface area contributed by atoms with Crippen LogP contribution >= 0.6 is 0 Å². The Hall–Kier alpha value is -0.530. The molecule has 1 rings (SSSR count). The Morgan fingerprint density at radius 2 is 2.27 bits per heavy atom. The van der Waals surface area contributed by atoms with Crippen molar-refractivity contribution in [2.45, 2.75) is 39.0 Å². The summed E-state index contributed by atoms with van der Waals surface area (Å²) in [5, 5.41) is 0. The molecule has 0 amide bonds. The van der Waals surface area contributed by atoms with Crippen LogP contribution in [-0.2, 0) is 9.53 Å². The van der Waals surface area contributed by atoms with E-state index in [9.17, 15) is 4.79 Å². The average molecular weight is 156 g/mol. The monoisotopic (exact) mass is 156 g/mol. The minimum Gasteiger partial charge on any atom is -0.465 e. The van der Waals surface area contributed by atoms with Crippen LogP contribution in [0.2, 0.25) is 0 Å². The van der Waals surface area contributed by atoms with Gasteiger partial charge >= 0.3 is 5.97 Å². The third-order valence-electron chi connectivity index (χ3n) is 2.27. The molecule has 1 saturated heterocycles. The van der Waals surface area contributed by atoms with Gasteiger partial charge in [0, 0.05) is 0 Å². The molecule has 0 saturated carbocycles. The number of ether oxygens (including phenoxy) is 1. The first-order valence-electron chi connectivity index (χ1n) is 4.51. The summed E-state index contributed by atoms with van der Waals surface area (Å²) in [6.45, 7) is 2.68. The van der Waals surface area contributed by atoms with Gasteiger partial charge in [-0.25, -0.2) is 0 Å². The predicted molar refractivity (Wildman–Crippen MR) is 43.2 cm³/mol. The Balaban J connectivity index is 2.39. The van der Waals surface area contributed by atoms with E-state index in [1.807, 2.05) is 6.92 Å². The maximum atomic E-state index is 11.2. The van der Waals surface area contributed by atoms with Crippen molar-refractivity contribution in [3.05, 3.63) is 0 Å². The molecule has 0 aromatic heterocycles. The molecule has 11 heavy (non-hydrogen) atoms. The maximum Gasteiger partial charge on any atom is 0.308 e. The molecule has 1 aliphatic rings. The molecule has 1 fully saturated rings. The number of carbonyl (C=O) groups excluding carboxylic acids is 1. The van der Waals surface area contributed by atoms with Crippen LogP contribution in [0, 0.1) is 5.92 Å². The van der Waals surface area contributed by atoms with Gasteiger partial charge in [0.25, 0.3) is 0 Å². The zero-order chi connectivity index (χ0) is 8.10. The molecule has 0 N–H and O–H groups in total. The number of hydrogen-bond donors (Lipinski definition) is 0. The topological polar surface area (TPSA) is 26.3 Å². The van der Waals surface area contributed by atoms with Crippen LogP contribution in [-0.4, -0.2) is 12.6 Å². The fourth-order valence-corrected chi connectivity index (χ4v) is 1.45. The van der Waals surface area contributed by atoms with Crippen LogP contribution in [0.25, 0.3) is 0 Å². The second-order valence-corrected chi connectivity index (χ2v) is 3.12. The van der Waals surface area contributed by atoms with Crippen molar-refractivity contribution >= 4 is 5.97 Å². The first-order valence-corrected chi connectivity index (χ1v) is 4.51. The lowest BCUT2D eigenvalue weighted by atomic mass is 9.98. The minimum atomic E-state index is 0.0206. The van der Waals surface area contributed by atoms with Gasteiger partial charge < -0.3 is 4.74 Å². The Bertz CT molecular complexity index is 132. The fourth-order valence-electron chi connectivity index (χ4n) is 1.45. The first-order chi connectivity index (χ1) is 5.34. The zero-order valence-electron chi connectivity index (χ0n) is 7.14. The molecule has 1 heterocycles. The van der Waals surface area contributed by atoms with Crippen LogP contribution in [0.15, 0.2) is 0 Å². The number of carbonyl (C=O) groups is 1. The highest BCUT2D eigenvalue weighted by atomic mass is 16.5. The van der Waals surface area contributed by atoms with Gasteiger partial charge in [0.15, 0.2) is 0 Å². The summed E-state index contributed by atoms with van der Waals surface area (Å²) < 4.78 is 5.05. The highest BCUT2D eigenvalue weighted by Crippen LogP contribution is 2.17. The highest BCUT2D eigenvalue weighted by molar-refractivity contribution is 5.72. The van der Waals surface area contributed by atoms with E-state index in [0.717, 1.165) is 19.3 Å². The Kier molecular flexibility index (Phi) is 3.40. The summed E-state index contributed by atoms with van der Waals surface area (Å²) in [4.78, 5) is 11.2. The summed E-state index contributed by atoms with van der Waals surface area (Å²) in [7, 11) is 0. The molecule has 0 spiro atoms. The smallest absolute Gasteiger partial charge is 0.308 e. The third kappa shape index (κ3) is 2.52. The molecular formula is C9H16O2. The van der Waals surface area contributed by atoms with E-state index < -0.39 is 0 Å². The van der Waals surface area contributed by atoms with Crippen LogP contribution in [0.1, 0.15) is 39.0 Å². The summed E-state index contributed by atoms with van der Waals surface area (Å²) >= 11 is 0. The summed E-state index contributed by atoms with van der Waals surface area (Å²) in [5.41, 5.74) is 0. The standard InChI is InChI=1S/C9H16O2/c1-2-8-6-4-3-5-7-11-9(8)10/h8H,2-7H2,1H3. The van der Waals surface area contributed by atoms with Crippen LogP contribution < -0.4 is 0 Å². The predicted octanol–water partition coefficient (Wildman–Crippen LogP) is 2.13. The molecule has 1 aliphatic heterocycles. The quantitative estimate of drug-likeness (QED) is 0.544. The van der Waals surface area contributed by atoms with Gasteiger partial charge in [0.05, 0.1) is 12.5 Å². The lowest BCUT2D eigenvalue weighted by Crippen LogP contribution is -2.19. The van der Waals surface area contributed by atoms with Gasteiger partial charge in [0.1, 0.15) is 0 Å². The van der Waals surface area contributed by atoms with Crippen molar-refractivity contribution in [1.82, 2.24) is 0 Å². The molecule has 0 aromatic carbocycles. The van der Waals surface area contributed by atoms with Crippen LogP contribution in [0.4, 0.5) is 0 Å². The van der Waals surface area contributed by atoms with Gasteiger partial charge in [-0.05, 0) is 19.3 Å². The van der Waals surface area contributed by atoms with Crippen LogP contribution in [0.5, 0.6) is 0 Å². The van der Waals surface area contributed by atoms with Crippen molar-refractivity contribution in [3.8, 4) is 0 Å². The van der Waals surface area contributed by atoms with E-state index in [1.54, 1.807) is 0 Å². The third-order valence-corrected chi connectivity index (χ3v) is 2.27. The van der Waals surface area contributed by atoms with Gasteiger partial charge in [0.2, 0.25) is 0 Å². The van der Waals surface area contributed by atoms with Crippen molar-refractivity contribution in [2.24, 2.45) is 5.92 Å². The van der Waals surface area contributed by atoms with E-state index in [2.05, 4.69) is 0 Å². The molecule has 0 radical (unpaired) electrons. The second kappa shape index (κ2) is 4.37. The van der Waals surface area contributed by atoms with Gasteiger partial charge in [-0.3, -0.25) is 4.79 Å². The van der Waals surface area contributed by atoms with E-state index in [-0.39, 0.29) is 11.9 Å². The Morgan fingerprint density at radius 3 is 3.00 bits per heavy atom. The van der Waals surface area contributed by atoms with E-state index in [1.165, 1.54) is 12.8 Å². The second-order valence-electron chi connectivity index (χ2n) is 3.12. The summed E-state index contributed by atoms with van der Waals surface area (Å²) in [6, 6.07) is 0. The van der Waals surface area contributed by atoms with Gasteiger partial charge in [-0.1, -0.05) is 19.8 Å².